The van der Waals surface area contributed by atoms with Crippen molar-refractivity contribution in [1.82, 2.24) is 5.32 Å². The lowest BCUT2D eigenvalue weighted by atomic mass is 10.1. The third-order valence-electron chi connectivity index (χ3n) is 3.01. The lowest BCUT2D eigenvalue weighted by molar-refractivity contribution is -0.167. The molecular formula is C16H12ClF3N2O2. The molecule has 0 aromatic heterocycles. The van der Waals surface area contributed by atoms with Gasteiger partial charge in [-0.1, -0.05) is 35.9 Å². The number of alkyl halides is 3. The maximum Gasteiger partial charge on any atom is 0.471 e. The number of hydrogen-bond donors (Lipinski definition) is 2. The summed E-state index contributed by atoms with van der Waals surface area (Å²) in [6, 6.07) is 12.2. The van der Waals surface area contributed by atoms with Gasteiger partial charge < -0.3 is 10.6 Å². The molecule has 0 bridgehead atoms. The Morgan fingerprint density at radius 1 is 1.04 bits per heavy atom. The predicted molar refractivity (Wildman–Crippen MR) is 83.7 cm³/mol. The predicted octanol–water partition coefficient (Wildman–Crippen LogP) is 3.77. The third kappa shape index (κ3) is 4.73. The Balaban J connectivity index is 2.01. The highest BCUT2D eigenvalue weighted by Crippen LogP contribution is 2.19. The summed E-state index contributed by atoms with van der Waals surface area (Å²) >= 11 is 5.91. The fourth-order valence-corrected chi connectivity index (χ4v) is 2.11. The van der Waals surface area contributed by atoms with Crippen LogP contribution in [-0.4, -0.2) is 18.0 Å². The number of carbonyl (C=O) groups is 2. The largest absolute Gasteiger partial charge is 0.471 e. The van der Waals surface area contributed by atoms with Crippen LogP contribution in [0.15, 0.2) is 48.5 Å². The van der Waals surface area contributed by atoms with E-state index in [1.807, 2.05) is 0 Å². The van der Waals surface area contributed by atoms with E-state index in [4.69, 9.17) is 11.6 Å². The van der Waals surface area contributed by atoms with Crippen LogP contribution in [0.3, 0.4) is 0 Å². The van der Waals surface area contributed by atoms with E-state index in [1.165, 1.54) is 18.2 Å². The number of amides is 2. The van der Waals surface area contributed by atoms with Gasteiger partial charge in [0.2, 0.25) is 0 Å². The Labute approximate surface area is 140 Å². The second-order valence-electron chi connectivity index (χ2n) is 4.81. The van der Waals surface area contributed by atoms with Crippen molar-refractivity contribution in [2.24, 2.45) is 0 Å². The van der Waals surface area contributed by atoms with Crippen LogP contribution in [-0.2, 0) is 11.3 Å². The van der Waals surface area contributed by atoms with Crippen LogP contribution < -0.4 is 10.6 Å². The zero-order valence-electron chi connectivity index (χ0n) is 12.2. The summed E-state index contributed by atoms with van der Waals surface area (Å²) in [6.07, 6.45) is -4.96. The Bertz CT molecular complexity index is 763. The number of nitrogens with one attached hydrogen (secondary N) is 2. The molecule has 2 rings (SSSR count). The molecule has 24 heavy (non-hydrogen) atoms. The second kappa shape index (κ2) is 7.35. The maximum absolute atomic E-state index is 12.2. The van der Waals surface area contributed by atoms with E-state index in [0.29, 0.717) is 16.1 Å². The Kier molecular flexibility index (Phi) is 5.46. The summed E-state index contributed by atoms with van der Waals surface area (Å²) in [5, 5.41) is 4.65. The van der Waals surface area contributed by atoms with Crippen LogP contribution in [0, 0.1) is 0 Å². The SMILES string of the molecule is O=C(NCc1cccc(NC(=O)C(F)(F)F)c1)c1ccccc1Cl. The molecule has 0 saturated heterocycles. The number of halogens is 4. The van der Waals surface area contributed by atoms with Crippen LogP contribution >= 0.6 is 11.6 Å². The molecule has 0 heterocycles. The van der Waals surface area contributed by atoms with Gasteiger partial charge in [0.25, 0.3) is 5.91 Å². The number of rotatable bonds is 4. The Hall–Kier alpha value is -2.54. The maximum atomic E-state index is 12.2. The van der Waals surface area contributed by atoms with Crippen molar-refractivity contribution < 1.29 is 22.8 Å². The first-order valence-electron chi connectivity index (χ1n) is 6.77. The minimum Gasteiger partial charge on any atom is -0.348 e. The van der Waals surface area contributed by atoms with Gasteiger partial charge in [-0.05, 0) is 29.8 Å². The van der Waals surface area contributed by atoms with E-state index in [0.717, 1.165) is 0 Å². The van der Waals surface area contributed by atoms with Crippen molar-refractivity contribution in [3.05, 3.63) is 64.7 Å². The molecule has 8 heteroatoms. The third-order valence-corrected chi connectivity index (χ3v) is 3.34. The average molecular weight is 357 g/mol. The van der Waals surface area contributed by atoms with Gasteiger partial charge in [0.05, 0.1) is 10.6 Å². The number of hydrogen-bond acceptors (Lipinski definition) is 2. The van der Waals surface area contributed by atoms with Gasteiger partial charge in [-0.15, -0.1) is 0 Å². The topological polar surface area (TPSA) is 58.2 Å². The second-order valence-corrected chi connectivity index (χ2v) is 5.22. The molecule has 4 nitrogen and oxygen atoms in total. The van der Waals surface area contributed by atoms with Gasteiger partial charge in [0.15, 0.2) is 0 Å². The highest BCUT2D eigenvalue weighted by molar-refractivity contribution is 6.33. The quantitative estimate of drug-likeness (QED) is 0.876. The first-order chi connectivity index (χ1) is 11.3. The number of anilines is 1. The van der Waals surface area contributed by atoms with Crippen molar-refractivity contribution in [2.75, 3.05) is 5.32 Å². The van der Waals surface area contributed by atoms with Crippen LogP contribution in [0.4, 0.5) is 18.9 Å². The Morgan fingerprint density at radius 2 is 1.75 bits per heavy atom. The molecule has 126 valence electrons. The van der Waals surface area contributed by atoms with Crippen molar-refractivity contribution in [2.45, 2.75) is 12.7 Å². The normalized spacial score (nSPS) is 11.0. The summed E-state index contributed by atoms with van der Waals surface area (Å²) in [5.41, 5.74) is 0.804. The first-order valence-corrected chi connectivity index (χ1v) is 7.15. The van der Waals surface area contributed by atoms with Crippen LogP contribution in [0.25, 0.3) is 0 Å². The highest BCUT2D eigenvalue weighted by Gasteiger charge is 2.38. The van der Waals surface area contributed by atoms with Crippen molar-refractivity contribution in [3.8, 4) is 0 Å². The molecule has 0 aliphatic heterocycles. The zero-order chi connectivity index (χ0) is 17.7. The van der Waals surface area contributed by atoms with E-state index in [1.54, 1.807) is 35.6 Å². The summed E-state index contributed by atoms with van der Waals surface area (Å²) in [6.45, 7) is 0.0692. The van der Waals surface area contributed by atoms with Gasteiger partial charge in [0.1, 0.15) is 0 Å². The summed E-state index contributed by atoms with van der Waals surface area (Å²) in [4.78, 5) is 22.9. The highest BCUT2D eigenvalue weighted by atomic mass is 35.5. The minimum absolute atomic E-state index is 0.0122. The smallest absolute Gasteiger partial charge is 0.348 e. The summed E-state index contributed by atoms with van der Waals surface area (Å²) < 4.78 is 36.7. The lowest BCUT2D eigenvalue weighted by Crippen LogP contribution is -2.30. The monoisotopic (exact) mass is 356 g/mol. The molecule has 2 aromatic rings. The molecule has 0 unspecified atom stereocenters. The number of carbonyl (C=O) groups excluding carboxylic acids is 2. The lowest BCUT2D eigenvalue weighted by Gasteiger charge is -2.10. The molecule has 0 fully saturated rings. The van der Waals surface area contributed by atoms with Crippen molar-refractivity contribution in [3.63, 3.8) is 0 Å². The van der Waals surface area contributed by atoms with Crippen molar-refractivity contribution in [1.29, 1.82) is 0 Å². The molecule has 0 aliphatic rings. The van der Waals surface area contributed by atoms with Gasteiger partial charge in [0, 0.05) is 12.2 Å². The van der Waals surface area contributed by atoms with E-state index < -0.39 is 18.0 Å². The molecule has 2 amide bonds. The van der Waals surface area contributed by atoms with E-state index in [2.05, 4.69) is 5.32 Å². The van der Waals surface area contributed by atoms with Crippen LogP contribution in [0.1, 0.15) is 15.9 Å². The van der Waals surface area contributed by atoms with Crippen molar-refractivity contribution >= 4 is 29.1 Å². The molecular weight excluding hydrogens is 345 g/mol. The van der Waals surface area contributed by atoms with E-state index >= 15 is 0 Å². The molecule has 0 saturated carbocycles. The standard InChI is InChI=1S/C16H12ClF3N2O2/c17-13-7-2-1-6-12(13)14(23)21-9-10-4-3-5-11(8-10)22-15(24)16(18,19)20/h1-8H,9H2,(H,21,23)(H,22,24). The van der Waals surface area contributed by atoms with Gasteiger partial charge in [-0.25, -0.2) is 0 Å². The summed E-state index contributed by atoms with van der Waals surface area (Å²) in [5.74, 6) is -2.47. The fraction of sp³-hybridized carbons (Fsp3) is 0.125. The molecule has 0 radical (unpaired) electrons. The summed E-state index contributed by atoms with van der Waals surface area (Å²) in [7, 11) is 0. The van der Waals surface area contributed by atoms with Gasteiger partial charge in [-0.3, -0.25) is 9.59 Å². The van der Waals surface area contributed by atoms with E-state index in [9.17, 15) is 22.8 Å². The molecule has 0 atom stereocenters. The van der Waals surface area contributed by atoms with Crippen LogP contribution in [0.2, 0.25) is 5.02 Å². The zero-order valence-corrected chi connectivity index (χ0v) is 12.9. The van der Waals surface area contributed by atoms with Gasteiger partial charge in [-0.2, -0.15) is 13.2 Å². The van der Waals surface area contributed by atoms with E-state index in [-0.39, 0.29) is 12.2 Å². The molecule has 2 aromatic carbocycles. The van der Waals surface area contributed by atoms with Crippen LogP contribution in [0.5, 0.6) is 0 Å². The Morgan fingerprint density at radius 3 is 2.42 bits per heavy atom. The number of benzene rings is 2. The fourth-order valence-electron chi connectivity index (χ4n) is 1.88. The molecule has 0 spiro atoms. The first kappa shape index (κ1) is 17.8. The minimum atomic E-state index is -4.96. The van der Waals surface area contributed by atoms with Gasteiger partial charge >= 0.3 is 12.1 Å². The molecule has 2 N–H and O–H groups in total. The average Bonchev–Trinajstić information content (AvgIpc) is 2.52. The molecule has 0 aliphatic carbocycles.